The molecular formula is C17H28N4O2. The lowest BCUT2D eigenvalue weighted by molar-refractivity contribution is -0.136. The molecule has 2 heterocycles. The van der Waals surface area contributed by atoms with E-state index in [-0.39, 0.29) is 23.5 Å². The van der Waals surface area contributed by atoms with Gasteiger partial charge in [0.1, 0.15) is 0 Å². The molecule has 1 aliphatic heterocycles. The van der Waals surface area contributed by atoms with Crippen molar-refractivity contribution in [1.82, 2.24) is 20.4 Å². The second-order valence-electron chi connectivity index (χ2n) is 7.32. The van der Waals surface area contributed by atoms with Crippen molar-refractivity contribution in [3.8, 4) is 0 Å². The highest BCUT2D eigenvalue weighted by atomic mass is 16.5. The van der Waals surface area contributed by atoms with Crippen molar-refractivity contribution in [2.24, 2.45) is 5.41 Å². The van der Waals surface area contributed by atoms with E-state index in [1.54, 1.807) is 6.20 Å². The van der Waals surface area contributed by atoms with Crippen LogP contribution in [-0.4, -0.2) is 59.9 Å². The number of nitrogens with zero attached hydrogens (tertiary/aromatic N) is 2. The molecule has 1 aromatic heterocycles. The van der Waals surface area contributed by atoms with E-state index in [1.165, 1.54) is 0 Å². The maximum Gasteiger partial charge on any atom is 0.257 e. The topological polar surface area (TPSA) is 70.2 Å². The van der Waals surface area contributed by atoms with Crippen molar-refractivity contribution >= 4 is 5.91 Å². The molecule has 3 atom stereocenters. The molecule has 1 saturated carbocycles. The second-order valence-corrected chi connectivity index (χ2v) is 7.32. The van der Waals surface area contributed by atoms with Gasteiger partial charge in [0, 0.05) is 37.6 Å². The Morgan fingerprint density at radius 3 is 2.91 bits per heavy atom. The Balaban J connectivity index is 1.73. The Hall–Kier alpha value is -1.40. The van der Waals surface area contributed by atoms with Crippen LogP contribution in [0.2, 0.25) is 0 Å². The zero-order valence-corrected chi connectivity index (χ0v) is 14.6. The summed E-state index contributed by atoms with van der Waals surface area (Å²) in [7, 11) is 1.90. The fourth-order valence-corrected chi connectivity index (χ4v) is 4.02. The number of carbonyl (C=O) groups is 1. The highest BCUT2D eigenvalue weighted by Gasteiger charge is 2.52. The molecule has 0 radical (unpaired) electrons. The van der Waals surface area contributed by atoms with Gasteiger partial charge in [0.25, 0.3) is 5.91 Å². The Morgan fingerprint density at radius 2 is 2.30 bits per heavy atom. The zero-order valence-electron chi connectivity index (χ0n) is 14.6. The minimum Gasteiger partial charge on any atom is -0.378 e. The highest BCUT2D eigenvalue weighted by molar-refractivity contribution is 5.95. The van der Waals surface area contributed by atoms with Gasteiger partial charge in [-0.15, -0.1) is 0 Å². The summed E-state index contributed by atoms with van der Waals surface area (Å²) < 4.78 is 5.78. The molecule has 1 aromatic rings. The summed E-state index contributed by atoms with van der Waals surface area (Å²) in [4.78, 5) is 14.9. The molecule has 2 aliphatic rings. The summed E-state index contributed by atoms with van der Waals surface area (Å²) in [5.41, 5.74) is 1.68. The van der Waals surface area contributed by atoms with Gasteiger partial charge in [0.05, 0.1) is 23.6 Å². The molecule has 0 aromatic carbocycles. The number of rotatable bonds is 5. The number of amides is 1. The van der Waals surface area contributed by atoms with E-state index in [4.69, 9.17) is 4.74 Å². The third-order valence-corrected chi connectivity index (χ3v) is 5.65. The van der Waals surface area contributed by atoms with Gasteiger partial charge in [-0.1, -0.05) is 13.8 Å². The molecule has 1 saturated heterocycles. The van der Waals surface area contributed by atoms with Crippen LogP contribution in [0.25, 0.3) is 0 Å². The first-order valence-electron chi connectivity index (χ1n) is 8.59. The van der Waals surface area contributed by atoms with E-state index in [1.807, 2.05) is 18.9 Å². The fraction of sp³-hybridized carbons (Fsp3) is 0.765. The van der Waals surface area contributed by atoms with Crippen LogP contribution in [-0.2, 0) is 4.74 Å². The zero-order chi connectivity index (χ0) is 16.6. The Morgan fingerprint density at radius 1 is 1.52 bits per heavy atom. The predicted molar refractivity (Wildman–Crippen MR) is 88.5 cm³/mol. The minimum absolute atomic E-state index is 0.0146. The third-order valence-electron chi connectivity index (χ3n) is 5.65. The maximum atomic E-state index is 13.0. The van der Waals surface area contributed by atoms with Crippen LogP contribution in [0.1, 0.15) is 55.6 Å². The van der Waals surface area contributed by atoms with Gasteiger partial charge >= 0.3 is 0 Å². The van der Waals surface area contributed by atoms with Crippen LogP contribution < -0.4 is 5.32 Å². The van der Waals surface area contributed by atoms with Crippen molar-refractivity contribution in [2.75, 3.05) is 26.7 Å². The number of hydrogen-bond donors (Lipinski definition) is 2. The standard InChI is InChI=1S/C17H28N4O2/c1-5-23-14-8-13(17(14,2)3)21(4)16(22)12-10-19-20-15(12)11-6-7-18-9-11/h10-11,13-14,18H,5-9H2,1-4H3,(H,19,20). The summed E-state index contributed by atoms with van der Waals surface area (Å²) in [6.45, 7) is 9.02. The molecule has 2 N–H and O–H groups in total. The summed E-state index contributed by atoms with van der Waals surface area (Å²) >= 11 is 0. The van der Waals surface area contributed by atoms with E-state index >= 15 is 0 Å². The average molecular weight is 320 g/mol. The molecule has 1 amide bonds. The molecule has 23 heavy (non-hydrogen) atoms. The van der Waals surface area contributed by atoms with Crippen LogP contribution in [0.5, 0.6) is 0 Å². The quantitative estimate of drug-likeness (QED) is 0.867. The molecule has 2 fully saturated rings. The molecule has 6 heteroatoms. The van der Waals surface area contributed by atoms with Gasteiger partial charge in [0.2, 0.25) is 0 Å². The van der Waals surface area contributed by atoms with E-state index in [0.717, 1.165) is 43.8 Å². The Kier molecular flexibility index (Phi) is 4.47. The number of aromatic amines is 1. The van der Waals surface area contributed by atoms with E-state index < -0.39 is 0 Å². The highest BCUT2D eigenvalue weighted by Crippen LogP contribution is 2.45. The largest absolute Gasteiger partial charge is 0.378 e. The van der Waals surface area contributed by atoms with E-state index in [2.05, 4.69) is 29.4 Å². The van der Waals surface area contributed by atoms with Crippen LogP contribution >= 0.6 is 0 Å². The first-order chi connectivity index (χ1) is 11.0. The lowest BCUT2D eigenvalue weighted by atomic mass is 9.63. The van der Waals surface area contributed by atoms with Gasteiger partial charge in [-0.2, -0.15) is 5.10 Å². The number of hydrogen-bond acceptors (Lipinski definition) is 4. The summed E-state index contributed by atoms with van der Waals surface area (Å²) in [6.07, 6.45) is 3.86. The second kappa shape index (κ2) is 6.24. The SMILES string of the molecule is CCOC1CC(N(C)C(=O)c2cn[nH]c2C2CCNC2)C1(C)C. The van der Waals surface area contributed by atoms with E-state index in [0.29, 0.717) is 5.92 Å². The van der Waals surface area contributed by atoms with Crippen LogP contribution in [0.15, 0.2) is 6.20 Å². The van der Waals surface area contributed by atoms with E-state index in [9.17, 15) is 4.79 Å². The van der Waals surface area contributed by atoms with Gasteiger partial charge in [0.15, 0.2) is 0 Å². The molecule has 3 rings (SSSR count). The normalized spacial score (nSPS) is 29.3. The Labute approximate surface area is 138 Å². The first-order valence-corrected chi connectivity index (χ1v) is 8.59. The molecule has 0 spiro atoms. The molecule has 6 nitrogen and oxygen atoms in total. The van der Waals surface area contributed by atoms with Crippen LogP contribution in [0.4, 0.5) is 0 Å². The van der Waals surface area contributed by atoms with Crippen molar-refractivity contribution in [3.05, 3.63) is 17.5 Å². The van der Waals surface area contributed by atoms with Gasteiger partial charge in [-0.3, -0.25) is 9.89 Å². The van der Waals surface area contributed by atoms with Gasteiger partial charge < -0.3 is 15.0 Å². The predicted octanol–water partition coefficient (Wildman–Crippen LogP) is 1.76. The molecular weight excluding hydrogens is 292 g/mol. The lowest BCUT2D eigenvalue weighted by Gasteiger charge is -2.54. The van der Waals surface area contributed by atoms with Crippen molar-refractivity contribution < 1.29 is 9.53 Å². The van der Waals surface area contributed by atoms with Crippen molar-refractivity contribution in [1.29, 1.82) is 0 Å². The monoisotopic (exact) mass is 320 g/mol. The maximum absolute atomic E-state index is 13.0. The average Bonchev–Trinajstić information content (AvgIpc) is 3.19. The number of nitrogens with one attached hydrogen (secondary N) is 2. The van der Waals surface area contributed by atoms with Gasteiger partial charge in [-0.05, 0) is 26.3 Å². The third kappa shape index (κ3) is 2.78. The van der Waals surface area contributed by atoms with Crippen LogP contribution in [0, 0.1) is 5.41 Å². The molecule has 0 bridgehead atoms. The fourth-order valence-electron chi connectivity index (χ4n) is 4.02. The lowest BCUT2D eigenvalue weighted by Crippen LogP contribution is -2.62. The number of carbonyl (C=O) groups excluding carboxylic acids is 1. The van der Waals surface area contributed by atoms with Gasteiger partial charge in [-0.25, -0.2) is 0 Å². The van der Waals surface area contributed by atoms with Crippen molar-refractivity contribution in [3.63, 3.8) is 0 Å². The summed E-state index contributed by atoms with van der Waals surface area (Å²) in [5, 5.41) is 10.5. The molecule has 1 aliphatic carbocycles. The minimum atomic E-state index is -0.0146. The molecule has 128 valence electrons. The molecule has 3 unspecified atom stereocenters. The van der Waals surface area contributed by atoms with Crippen LogP contribution in [0.3, 0.4) is 0 Å². The number of H-pyrrole nitrogens is 1. The number of aromatic nitrogens is 2. The van der Waals surface area contributed by atoms with Crippen molar-refractivity contribution in [2.45, 2.75) is 51.7 Å². The Bertz CT molecular complexity index is 563. The first kappa shape index (κ1) is 16.5. The number of ether oxygens (including phenoxy) is 1. The summed E-state index contributed by atoms with van der Waals surface area (Å²) in [6, 6.07) is 0.205. The smallest absolute Gasteiger partial charge is 0.257 e. The summed E-state index contributed by atoms with van der Waals surface area (Å²) in [5.74, 6) is 0.420.